The van der Waals surface area contributed by atoms with Crippen LogP contribution in [0.5, 0.6) is 0 Å². The van der Waals surface area contributed by atoms with Gasteiger partial charge in [-0.05, 0) is 0 Å². The third kappa shape index (κ3) is 4.74. The van der Waals surface area contributed by atoms with Crippen LogP contribution in [0.15, 0.2) is 17.3 Å². The van der Waals surface area contributed by atoms with Gasteiger partial charge in [-0.1, -0.05) is 6.58 Å². The lowest BCUT2D eigenvalue weighted by Gasteiger charge is -1.90. The number of carbonyl (C=O) groups is 1. The van der Waals surface area contributed by atoms with Crippen molar-refractivity contribution in [2.24, 2.45) is 4.99 Å². The number of allylic oxidation sites excluding steroid dienone is 1. The minimum absolute atomic E-state index is 0.0516. The molecule has 0 amide bonds. The molecule has 54 valence electrons. The van der Waals surface area contributed by atoms with Crippen LogP contribution in [0.3, 0.4) is 0 Å². The van der Waals surface area contributed by atoms with Gasteiger partial charge in [-0.2, -0.15) is 4.99 Å². The number of hydrogen-bond acceptors (Lipinski definition) is 3. The monoisotopic (exact) mass is 141 g/mol. The molecule has 0 aromatic heterocycles. The molecular formula is C6H7NO3. The first-order valence-electron chi connectivity index (χ1n) is 2.64. The lowest BCUT2D eigenvalue weighted by Crippen LogP contribution is -1.93. The van der Waals surface area contributed by atoms with E-state index in [9.17, 15) is 9.59 Å². The second-order valence-corrected chi connectivity index (χ2v) is 1.66. The summed E-state index contributed by atoms with van der Waals surface area (Å²) < 4.78 is 0. The second kappa shape index (κ2) is 4.47. The lowest BCUT2D eigenvalue weighted by atomic mass is 10.3. The zero-order valence-electron chi connectivity index (χ0n) is 5.33. The number of isocyanates is 1. The largest absolute Gasteiger partial charge is 0.481 e. The van der Waals surface area contributed by atoms with Crippen molar-refractivity contribution >= 4 is 12.0 Å². The highest BCUT2D eigenvalue weighted by atomic mass is 16.4. The summed E-state index contributed by atoms with van der Waals surface area (Å²) in [6, 6.07) is 0. The van der Waals surface area contributed by atoms with Crippen LogP contribution in [0.25, 0.3) is 0 Å². The SMILES string of the molecule is C=C(CCC(=O)O)N=C=O. The molecule has 4 heteroatoms. The molecule has 0 aliphatic heterocycles. The van der Waals surface area contributed by atoms with Crippen LogP contribution in [-0.2, 0) is 9.59 Å². The maximum Gasteiger partial charge on any atom is 0.303 e. The molecule has 0 unspecified atom stereocenters. The average Bonchev–Trinajstić information content (AvgIpc) is 1.85. The van der Waals surface area contributed by atoms with Crippen molar-refractivity contribution in [3.05, 3.63) is 12.3 Å². The first kappa shape index (κ1) is 8.59. The van der Waals surface area contributed by atoms with E-state index in [1.165, 1.54) is 6.08 Å². The Morgan fingerprint density at radius 3 is 2.60 bits per heavy atom. The van der Waals surface area contributed by atoms with Crippen molar-refractivity contribution in [3.63, 3.8) is 0 Å². The Labute approximate surface area is 57.9 Å². The first-order valence-corrected chi connectivity index (χ1v) is 2.64. The first-order chi connectivity index (χ1) is 4.66. The fourth-order valence-corrected chi connectivity index (χ4v) is 0.372. The van der Waals surface area contributed by atoms with E-state index in [4.69, 9.17) is 5.11 Å². The highest BCUT2D eigenvalue weighted by Crippen LogP contribution is 2.01. The van der Waals surface area contributed by atoms with Gasteiger partial charge in [0.2, 0.25) is 6.08 Å². The van der Waals surface area contributed by atoms with Gasteiger partial charge < -0.3 is 5.11 Å². The molecule has 0 aliphatic rings. The molecule has 0 heterocycles. The van der Waals surface area contributed by atoms with E-state index in [-0.39, 0.29) is 18.5 Å². The minimum atomic E-state index is -0.928. The van der Waals surface area contributed by atoms with E-state index in [1.807, 2.05) is 0 Å². The molecule has 0 fully saturated rings. The summed E-state index contributed by atoms with van der Waals surface area (Å²) >= 11 is 0. The third-order valence-corrected chi connectivity index (χ3v) is 0.831. The van der Waals surface area contributed by atoms with E-state index in [0.717, 1.165) is 0 Å². The number of rotatable bonds is 4. The number of hydrogen-bond donors (Lipinski definition) is 1. The van der Waals surface area contributed by atoms with E-state index >= 15 is 0 Å². The Bertz CT molecular complexity index is 191. The molecule has 0 spiro atoms. The minimum Gasteiger partial charge on any atom is -0.481 e. The fourth-order valence-electron chi connectivity index (χ4n) is 0.372. The molecule has 0 saturated heterocycles. The Kier molecular flexibility index (Phi) is 3.84. The molecule has 0 radical (unpaired) electrons. The highest BCUT2D eigenvalue weighted by molar-refractivity contribution is 5.67. The van der Waals surface area contributed by atoms with E-state index in [2.05, 4.69) is 11.6 Å². The Morgan fingerprint density at radius 1 is 1.60 bits per heavy atom. The third-order valence-electron chi connectivity index (χ3n) is 0.831. The molecule has 1 N–H and O–H groups in total. The lowest BCUT2D eigenvalue weighted by molar-refractivity contribution is -0.136. The molecule has 0 aromatic rings. The number of carbonyl (C=O) groups excluding carboxylic acids is 1. The summed E-state index contributed by atoms with van der Waals surface area (Å²) in [5.74, 6) is -0.928. The maximum absolute atomic E-state index is 9.93. The predicted molar refractivity (Wildman–Crippen MR) is 34.1 cm³/mol. The summed E-state index contributed by atoms with van der Waals surface area (Å²) in [5.41, 5.74) is 0.248. The maximum atomic E-state index is 9.93. The quantitative estimate of drug-likeness (QED) is 0.463. The second-order valence-electron chi connectivity index (χ2n) is 1.66. The van der Waals surface area contributed by atoms with Gasteiger partial charge >= 0.3 is 5.97 Å². The van der Waals surface area contributed by atoms with Crippen molar-refractivity contribution in [1.29, 1.82) is 0 Å². The smallest absolute Gasteiger partial charge is 0.303 e. The Morgan fingerprint density at radius 2 is 2.20 bits per heavy atom. The molecule has 0 atom stereocenters. The zero-order valence-corrected chi connectivity index (χ0v) is 5.33. The van der Waals surface area contributed by atoms with Gasteiger partial charge in [-0.15, -0.1) is 0 Å². The summed E-state index contributed by atoms with van der Waals surface area (Å²) in [5, 5.41) is 8.15. The van der Waals surface area contributed by atoms with E-state index in [0.29, 0.717) is 0 Å². The highest BCUT2D eigenvalue weighted by Gasteiger charge is 1.97. The molecule has 0 rings (SSSR count). The van der Waals surface area contributed by atoms with Crippen LogP contribution in [0.2, 0.25) is 0 Å². The number of carboxylic acids is 1. The normalized spacial score (nSPS) is 8.00. The molecule has 0 saturated carbocycles. The van der Waals surface area contributed by atoms with Gasteiger partial charge in [0.1, 0.15) is 0 Å². The van der Waals surface area contributed by atoms with Crippen molar-refractivity contribution in [1.82, 2.24) is 0 Å². The molecule has 0 aliphatic carbocycles. The summed E-state index contributed by atoms with van der Waals surface area (Å²) in [6.45, 7) is 3.32. The van der Waals surface area contributed by atoms with Crippen LogP contribution in [0.4, 0.5) is 0 Å². The Balaban J connectivity index is 3.60. The van der Waals surface area contributed by atoms with Gasteiger partial charge in [0.25, 0.3) is 0 Å². The number of nitrogens with zero attached hydrogens (tertiary/aromatic N) is 1. The fraction of sp³-hybridized carbons (Fsp3) is 0.333. The van der Waals surface area contributed by atoms with Gasteiger partial charge in [-0.25, -0.2) is 4.79 Å². The Hall–Kier alpha value is -1.41. The molecule has 0 aromatic carbocycles. The number of carboxylic acid groups (broad SMARTS) is 1. The molecular weight excluding hydrogens is 134 g/mol. The van der Waals surface area contributed by atoms with E-state index in [1.54, 1.807) is 0 Å². The van der Waals surface area contributed by atoms with Crippen LogP contribution in [0.1, 0.15) is 12.8 Å². The summed E-state index contributed by atoms with van der Waals surface area (Å²) in [7, 11) is 0. The van der Waals surface area contributed by atoms with Gasteiger partial charge in [0.15, 0.2) is 0 Å². The predicted octanol–water partition coefficient (Wildman–Crippen LogP) is 0.701. The van der Waals surface area contributed by atoms with Gasteiger partial charge in [0.05, 0.1) is 6.42 Å². The average molecular weight is 141 g/mol. The summed E-state index contributed by atoms with van der Waals surface area (Å²) in [6.07, 6.45) is 1.42. The summed E-state index contributed by atoms with van der Waals surface area (Å²) in [4.78, 5) is 22.6. The number of aliphatic carboxylic acids is 1. The van der Waals surface area contributed by atoms with Crippen LogP contribution in [0, 0.1) is 0 Å². The standard InChI is InChI=1S/C6H7NO3/c1-5(7-4-8)2-3-6(9)10/h1-3H2,(H,9,10). The molecule has 0 bridgehead atoms. The topological polar surface area (TPSA) is 66.7 Å². The number of aliphatic imine (C=N–C) groups is 1. The van der Waals surface area contributed by atoms with Crippen LogP contribution < -0.4 is 0 Å². The zero-order chi connectivity index (χ0) is 7.98. The van der Waals surface area contributed by atoms with Crippen molar-refractivity contribution in [2.45, 2.75) is 12.8 Å². The molecule has 10 heavy (non-hydrogen) atoms. The molecule has 4 nitrogen and oxygen atoms in total. The van der Waals surface area contributed by atoms with Crippen molar-refractivity contribution in [3.8, 4) is 0 Å². The van der Waals surface area contributed by atoms with Crippen molar-refractivity contribution < 1.29 is 14.7 Å². The van der Waals surface area contributed by atoms with Gasteiger partial charge in [-0.3, -0.25) is 4.79 Å². The van der Waals surface area contributed by atoms with E-state index < -0.39 is 5.97 Å². The van der Waals surface area contributed by atoms with Gasteiger partial charge in [0, 0.05) is 12.1 Å². The van der Waals surface area contributed by atoms with Crippen LogP contribution in [-0.4, -0.2) is 17.2 Å². The van der Waals surface area contributed by atoms with Crippen LogP contribution >= 0.6 is 0 Å². The van der Waals surface area contributed by atoms with Crippen molar-refractivity contribution in [2.75, 3.05) is 0 Å².